The normalized spacial score (nSPS) is 23.4. The Kier molecular flexibility index (Phi) is 5.74. The highest BCUT2D eigenvalue weighted by Gasteiger charge is 2.27. The van der Waals surface area contributed by atoms with Crippen molar-refractivity contribution >= 4 is 5.69 Å². The Labute approximate surface area is 131 Å². The summed E-state index contributed by atoms with van der Waals surface area (Å²) in [7, 11) is 0. The molecular weight excluding hydrogens is 282 g/mol. The monoisotopic (exact) mass is 307 g/mol. The van der Waals surface area contributed by atoms with Gasteiger partial charge in [-0.2, -0.15) is 0 Å². The summed E-state index contributed by atoms with van der Waals surface area (Å²) in [6.07, 6.45) is 0. The van der Waals surface area contributed by atoms with Crippen LogP contribution in [0.2, 0.25) is 0 Å². The quantitative estimate of drug-likeness (QED) is 0.596. The van der Waals surface area contributed by atoms with Gasteiger partial charge in [0.25, 0.3) is 5.69 Å². The molecule has 1 heterocycles. The van der Waals surface area contributed by atoms with Gasteiger partial charge < -0.3 is 4.74 Å². The molecule has 6 nitrogen and oxygen atoms in total. The summed E-state index contributed by atoms with van der Waals surface area (Å²) >= 11 is 0. The van der Waals surface area contributed by atoms with E-state index in [9.17, 15) is 10.1 Å². The number of piperazine rings is 1. The number of likely N-dealkylation sites (N-methyl/N-ethyl adjacent to an activating group) is 1. The Bertz CT molecular complexity index is 492. The van der Waals surface area contributed by atoms with Crippen LogP contribution >= 0.6 is 0 Å². The van der Waals surface area contributed by atoms with Crippen molar-refractivity contribution in [2.75, 3.05) is 32.8 Å². The number of benzene rings is 1. The summed E-state index contributed by atoms with van der Waals surface area (Å²) in [6.45, 7) is 11.4. The molecule has 0 unspecified atom stereocenters. The number of hydrogen-bond donors (Lipinski definition) is 0. The molecule has 6 heteroatoms. The maximum atomic E-state index is 10.6. The minimum Gasteiger partial charge on any atom is -0.492 e. The lowest BCUT2D eigenvalue weighted by atomic mass is 10.1. The van der Waals surface area contributed by atoms with E-state index in [4.69, 9.17) is 4.74 Å². The lowest BCUT2D eigenvalue weighted by Gasteiger charge is -2.43. The first-order valence-corrected chi connectivity index (χ1v) is 7.86. The van der Waals surface area contributed by atoms with Gasteiger partial charge in [-0.3, -0.25) is 19.9 Å². The Balaban J connectivity index is 1.79. The third-order valence-electron chi connectivity index (χ3n) is 4.35. The number of nitrogens with zero attached hydrogens (tertiary/aromatic N) is 3. The third kappa shape index (κ3) is 4.18. The summed E-state index contributed by atoms with van der Waals surface area (Å²) in [5.74, 6) is 0.679. The van der Waals surface area contributed by atoms with Crippen LogP contribution in [0.25, 0.3) is 0 Å². The Morgan fingerprint density at radius 1 is 1.18 bits per heavy atom. The Morgan fingerprint density at radius 3 is 2.36 bits per heavy atom. The van der Waals surface area contributed by atoms with Crippen molar-refractivity contribution in [3.05, 3.63) is 34.4 Å². The van der Waals surface area contributed by atoms with E-state index in [2.05, 4.69) is 30.6 Å². The zero-order chi connectivity index (χ0) is 16.1. The minimum atomic E-state index is -0.403. The van der Waals surface area contributed by atoms with Crippen molar-refractivity contribution in [1.29, 1.82) is 0 Å². The van der Waals surface area contributed by atoms with E-state index in [0.29, 0.717) is 24.4 Å². The molecule has 1 aliphatic heterocycles. The minimum absolute atomic E-state index is 0.0884. The van der Waals surface area contributed by atoms with Crippen molar-refractivity contribution in [2.24, 2.45) is 0 Å². The fourth-order valence-electron chi connectivity index (χ4n) is 2.97. The lowest BCUT2D eigenvalue weighted by molar-refractivity contribution is -0.384. The first-order valence-electron chi connectivity index (χ1n) is 7.86. The van der Waals surface area contributed by atoms with Crippen molar-refractivity contribution in [1.82, 2.24) is 9.80 Å². The molecule has 1 aliphatic rings. The van der Waals surface area contributed by atoms with Crippen LogP contribution in [0.1, 0.15) is 20.8 Å². The third-order valence-corrected chi connectivity index (χ3v) is 4.35. The number of ether oxygens (including phenoxy) is 1. The van der Waals surface area contributed by atoms with Crippen LogP contribution in [0.15, 0.2) is 24.3 Å². The second kappa shape index (κ2) is 7.56. The summed E-state index contributed by atoms with van der Waals surface area (Å²) < 4.78 is 5.70. The Morgan fingerprint density at radius 2 is 1.77 bits per heavy atom. The van der Waals surface area contributed by atoms with Crippen LogP contribution in [0.5, 0.6) is 5.75 Å². The van der Waals surface area contributed by atoms with Gasteiger partial charge in [0, 0.05) is 43.9 Å². The predicted molar refractivity (Wildman–Crippen MR) is 86.3 cm³/mol. The van der Waals surface area contributed by atoms with Crippen molar-refractivity contribution in [3.63, 3.8) is 0 Å². The van der Waals surface area contributed by atoms with Crippen LogP contribution in [-0.4, -0.2) is 59.6 Å². The molecule has 1 aromatic carbocycles. The van der Waals surface area contributed by atoms with E-state index in [1.165, 1.54) is 12.1 Å². The summed E-state index contributed by atoms with van der Waals surface area (Å²) in [4.78, 5) is 15.1. The molecule has 0 aromatic heterocycles. The van der Waals surface area contributed by atoms with Gasteiger partial charge in [-0.1, -0.05) is 6.92 Å². The molecule has 0 spiro atoms. The molecule has 0 bridgehead atoms. The molecule has 1 aromatic rings. The second-order valence-corrected chi connectivity index (χ2v) is 5.88. The largest absolute Gasteiger partial charge is 0.492 e. The topological polar surface area (TPSA) is 58.8 Å². The highest BCUT2D eigenvalue weighted by Crippen LogP contribution is 2.18. The van der Waals surface area contributed by atoms with Gasteiger partial charge in [-0.25, -0.2) is 0 Å². The number of rotatable bonds is 6. The fourth-order valence-corrected chi connectivity index (χ4v) is 2.97. The molecule has 2 atom stereocenters. The standard InChI is InChI=1S/C16H25N3O3/c1-4-17-11-14(3)18(12-13(17)2)9-10-22-16-7-5-15(6-8-16)19(20)21/h5-8,13-14H,4,9-12H2,1-3H3/t13-,14-/m1/s1. The van der Waals surface area contributed by atoms with Crippen molar-refractivity contribution in [2.45, 2.75) is 32.9 Å². The number of non-ortho nitro benzene ring substituents is 1. The van der Waals surface area contributed by atoms with E-state index in [1.54, 1.807) is 12.1 Å². The highest BCUT2D eigenvalue weighted by atomic mass is 16.6. The van der Waals surface area contributed by atoms with Crippen LogP contribution in [0.4, 0.5) is 5.69 Å². The van der Waals surface area contributed by atoms with Gasteiger partial charge in [0.1, 0.15) is 12.4 Å². The number of nitro benzene ring substituents is 1. The number of nitro groups is 1. The molecule has 1 saturated heterocycles. The van der Waals surface area contributed by atoms with Crippen molar-refractivity contribution < 1.29 is 9.66 Å². The molecule has 2 rings (SSSR count). The number of hydrogen-bond acceptors (Lipinski definition) is 5. The van der Waals surface area contributed by atoms with Crippen molar-refractivity contribution in [3.8, 4) is 5.75 Å². The van der Waals surface area contributed by atoms with E-state index in [-0.39, 0.29) is 5.69 Å². The SMILES string of the molecule is CCN1C[C@@H](C)N(CCOc2ccc([N+](=O)[O-])cc2)C[C@H]1C. The molecule has 0 saturated carbocycles. The molecule has 0 aliphatic carbocycles. The van der Waals surface area contributed by atoms with Gasteiger partial charge in [0.2, 0.25) is 0 Å². The Hall–Kier alpha value is -1.66. The van der Waals surface area contributed by atoms with E-state index in [0.717, 1.165) is 26.2 Å². The van der Waals surface area contributed by atoms with Gasteiger partial charge in [0.05, 0.1) is 4.92 Å². The fraction of sp³-hybridized carbons (Fsp3) is 0.625. The average molecular weight is 307 g/mol. The van der Waals surface area contributed by atoms with E-state index >= 15 is 0 Å². The first kappa shape index (κ1) is 16.7. The molecule has 0 radical (unpaired) electrons. The second-order valence-electron chi connectivity index (χ2n) is 5.88. The molecule has 22 heavy (non-hydrogen) atoms. The predicted octanol–water partition coefficient (Wildman–Crippen LogP) is 2.39. The zero-order valence-electron chi connectivity index (χ0n) is 13.6. The maximum Gasteiger partial charge on any atom is 0.269 e. The summed E-state index contributed by atoms with van der Waals surface area (Å²) in [5.41, 5.74) is 0.0884. The zero-order valence-corrected chi connectivity index (χ0v) is 13.6. The van der Waals surface area contributed by atoms with Crippen LogP contribution < -0.4 is 4.74 Å². The average Bonchev–Trinajstić information content (AvgIpc) is 2.50. The highest BCUT2D eigenvalue weighted by molar-refractivity contribution is 5.35. The first-order chi connectivity index (χ1) is 10.5. The van der Waals surface area contributed by atoms with E-state index < -0.39 is 4.92 Å². The molecule has 1 fully saturated rings. The lowest BCUT2D eigenvalue weighted by Crippen LogP contribution is -2.56. The summed E-state index contributed by atoms with van der Waals surface area (Å²) in [5, 5.41) is 10.6. The molecule has 122 valence electrons. The smallest absolute Gasteiger partial charge is 0.269 e. The molecular formula is C16H25N3O3. The summed E-state index contributed by atoms with van der Waals surface area (Å²) in [6, 6.07) is 7.34. The van der Waals surface area contributed by atoms with Crippen LogP contribution in [0.3, 0.4) is 0 Å². The van der Waals surface area contributed by atoms with Gasteiger partial charge in [-0.05, 0) is 32.5 Å². The van der Waals surface area contributed by atoms with E-state index in [1.807, 2.05) is 0 Å². The van der Waals surface area contributed by atoms with Crippen LogP contribution in [0, 0.1) is 10.1 Å². The van der Waals surface area contributed by atoms with Gasteiger partial charge in [-0.15, -0.1) is 0 Å². The van der Waals surface area contributed by atoms with Gasteiger partial charge in [0.15, 0.2) is 0 Å². The maximum absolute atomic E-state index is 10.6. The molecule has 0 N–H and O–H groups in total. The van der Waals surface area contributed by atoms with Gasteiger partial charge >= 0.3 is 0 Å². The van der Waals surface area contributed by atoms with Crippen LogP contribution in [-0.2, 0) is 0 Å². The molecule has 0 amide bonds.